The predicted molar refractivity (Wildman–Crippen MR) is 69.7 cm³/mol. The van der Waals surface area contributed by atoms with Crippen LogP contribution in [0.25, 0.3) is 0 Å². The van der Waals surface area contributed by atoms with E-state index in [-0.39, 0.29) is 12.3 Å². The van der Waals surface area contributed by atoms with Gasteiger partial charge in [0.2, 0.25) is 5.76 Å². The van der Waals surface area contributed by atoms with Gasteiger partial charge in [-0.15, -0.1) is 0 Å². The number of carbonyl (C=O) groups is 2. The quantitative estimate of drug-likeness (QED) is 0.923. The molecule has 1 amide bonds. The standard InChI is InChI=1S/C14H14N2O5/c1-2-9-12(21-7-15-9)13(17)16-5-3-10-8(4-6-20-10)11(16)14(18)19/h4,6-7,11H,2-3,5H2,1H3,(H,18,19). The van der Waals surface area contributed by atoms with Gasteiger partial charge >= 0.3 is 5.97 Å². The molecule has 7 nitrogen and oxygen atoms in total. The van der Waals surface area contributed by atoms with Gasteiger partial charge in [0.25, 0.3) is 5.91 Å². The molecule has 0 saturated heterocycles. The first kappa shape index (κ1) is 13.4. The molecule has 0 saturated carbocycles. The molecule has 0 aromatic carbocycles. The van der Waals surface area contributed by atoms with E-state index in [1.165, 1.54) is 17.6 Å². The number of fused-ring (bicyclic) bond motifs is 1. The third-order valence-electron chi connectivity index (χ3n) is 3.63. The Morgan fingerprint density at radius 3 is 3.00 bits per heavy atom. The SMILES string of the molecule is CCc1ncoc1C(=O)N1CCc2occc2C1C(=O)O. The lowest BCUT2D eigenvalue weighted by Crippen LogP contribution is -2.43. The monoisotopic (exact) mass is 290 g/mol. The number of hydrogen-bond acceptors (Lipinski definition) is 5. The van der Waals surface area contributed by atoms with E-state index in [2.05, 4.69) is 4.98 Å². The molecule has 110 valence electrons. The fourth-order valence-corrected chi connectivity index (χ4v) is 2.63. The van der Waals surface area contributed by atoms with Crippen molar-refractivity contribution in [1.29, 1.82) is 0 Å². The number of nitrogens with zero attached hydrogens (tertiary/aromatic N) is 2. The maximum Gasteiger partial charge on any atom is 0.331 e. The van der Waals surface area contributed by atoms with E-state index < -0.39 is 17.9 Å². The minimum absolute atomic E-state index is 0.107. The van der Waals surface area contributed by atoms with Gasteiger partial charge in [0.15, 0.2) is 12.4 Å². The van der Waals surface area contributed by atoms with Gasteiger partial charge in [0, 0.05) is 18.5 Å². The Morgan fingerprint density at radius 1 is 1.48 bits per heavy atom. The molecular formula is C14H14N2O5. The number of rotatable bonds is 3. The molecule has 3 rings (SSSR count). The molecule has 2 aromatic heterocycles. The van der Waals surface area contributed by atoms with E-state index in [1.54, 1.807) is 6.07 Å². The molecule has 1 aliphatic rings. The number of aryl methyl sites for hydroxylation is 1. The van der Waals surface area contributed by atoms with Crippen molar-refractivity contribution in [3.63, 3.8) is 0 Å². The van der Waals surface area contributed by atoms with Crippen LogP contribution in [-0.4, -0.2) is 33.4 Å². The lowest BCUT2D eigenvalue weighted by molar-refractivity contribution is -0.143. The van der Waals surface area contributed by atoms with Crippen LogP contribution >= 0.6 is 0 Å². The second kappa shape index (κ2) is 5.08. The van der Waals surface area contributed by atoms with Crippen molar-refractivity contribution in [2.45, 2.75) is 25.8 Å². The maximum absolute atomic E-state index is 12.6. The molecule has 3 heterocycles. The first-order valence-corrected chi connectivity index (χ1v) is 6.65. The molecule has 0 radical (unpaired) electrons. The van der Waals surface area contributed by atoms with Crippen LogP contribution < -0.4 is 0 Å². The third kappa shape index (κ3) is 2.10. The highest BCUT2D eigenvalue weighted by Crippen LogP contribution is 2.32. The van der Waals surface area contributed by atoms with Crippen molar-refractivity contribution in [2.24, 2.45) is 0 Å². The van der Waals surface area contributed by atoms with Crippen molar-refractivity contribution in [3.05, 3.63) is 41.5 Å². The number of carboxylic acids is 1. The third-order valence-corrected chi connectivity index (χ3v) is 3.63. The summed E-state index contributed by atoms with van der Waals surface area (Å²) in [5.74, 6) is -0.831. The average Bonchev–Trinajstić information content (AvgIpc) is 3.13. The fraction of sp³-hybridized carbons (Fsp3) is 0.357. The zero-order valence-electron chi connectivity index (χ0n) is 11.4. The van der Waals surface area contributed by atoms with Crippen LogP contribution in [0.4, 0.5) is 0 Å². The molecule has 0 spiro atoms. The van der Waals surface area contributed by atoms with E-state index in [0.29, 0.717) is 29.9 Å². The summed E-state index contributed by atoms with van der Waals surface area (Å²) in [4.78, 5) is 29.4. The summed E-state index contributed by atoms with van der Waals surface area (Å²) in [6, 6.07) is 0.532. The van der Waals surface area contributed by atoms with Crippen molar-refractivity contribution in [1.82, 2.24) is 9.88 Å². The van der Waals surface area contributed by atoms with Gasteiger partial charge in [-0.25, -0.2) is 9.78 Å². The molecule has 1 atom stereocenters. The summed E-state index contributed by atoms with van der Waals surface area (Å²) in [6.45, 7) is 2.12. The number of furan rings is 1. The van der Waals surface area contributed by atoms with E-state index in [1.807, 2.05) is 6.92 Å². The highest BCUT2D eigenvalue weighted by molar-refractivity contribution is 5.95. The Labute approximate surface area is 120 Å². The predicted octanol–water partition coefficient (Wildman–Crippen LogP) is 1.65. The zero-order valence-corrected chi connectivity index (χ0v) is 11.4. The van der Waals surface area contributed by atoms with Gasteiger partial charge in [-0.1, -0.05) is 6.92 Å². The Balaban J connectivity index is 1.98. The van der Waals surface area contributed by atoms with Crippen LogP contribution in [-0.2, 0) is 17.6 Å². The second-order valence-corrected chi connectivity index (χ2v) is 4.77. The number of hydrogen-bond donors (Lipinski definition) is 1. The Bertz CT molecular complexity index is 687. The zero-order chi connectivity index (χ0) is 15.0. The number of carboxylic acid groups (broad SMARTS) is 1. The number of amides is 1. The summed E-state index contributed by atoms with van der Waals surface area (Å²) >= 11 is 0. The van der Waals surface area contributed by atoms with E-state index in [4.69, 9.17) is 8.83 Å². The van der Waals surface area contributed by atoms with Crippen molar-refractivity contribution < 1.29 is 23.5 Å². The van der Waals surface area contributed by atoms with E-state index in [0.717, 1.165) is 0 Å². The van der Waals surface area contributed by atoms with Crippen LogP contribution in [0.3, 0.4) is 0 Å². The number of aliphatic carboxylic acids is 1. The van der Waals surface area contributed by atoms with Crippen molar-refractivity contribution in [3.8, 4) is 0 Å². The van der Waals surface area contributed by atoms with Gasteiger partial charge in [0.05, 0.1) is 12.0 Å². The fourth-order valence-electron chi connectivity index (χ4n) is 2.63. The van der Waals surface area contributed by atoms with Crippen LogP contribution in [0.1, 0.15) is 40.5 Å². The van der Waals surface area contributed by atoms with Gasteiger partial charge in [-0.05, 0) is 12.5 Å². The summed E-state index contributed by atoms with van der Waals surface area (Å²) < 4.78 is 10.4. The number of oxazole rings is 1. The molecule has 0 aliphatic carbocycles. The molecular weight excluding hydrogens is 276 g/mol. The maximum atomic E-state index is 12.6. The van der Waals surface area contributed by atoms with Gasteiger partial charge in [0.1, 0.15) is 5.76 Å². The number of aromatic nitrogens is 1. The van der Waals surface area contributed by atoms with E-state index in [9.17, 15) is 14.7 Å². The minimum atomic E-state index is -1.09. The largest absolute Gasteiger partial charge is 0.479 e. The lowest BCUT2D eigenvalue weighted by Gasteiger charge is -2.31. The van der Waals surface area contributed by atoms with Crippen molar-refractivity contribution >= 4 is 11.9 Å². The summed E-state index contributed by atoms with van der Waals surface area (Å²) in [5.41, 5.74) is 1.04. The highest BCUT2D eigenvalue weighted by atomic mass is 16.4. The molecule has 1 aliphatic heterocycles. The smallest absolute Gasteiger partial charge is 0.331 e. The topological polar surface area (TPSA) is 96.8 Å². The summed E-state index contributed by atoms with van der Waals surface area (Å²) in [5, 5.41) is 9.46. The lowest BCUT2D eigenvalue weighted by atomic mass is 9.99. The van der Waals surface area contributed by atoms with Crippen LogP contribution in [0.5, 0.6) is 0 Å². The average molecular weight is 290 g/mol. The Kier molecular flexibility index (Phi) is 3.25. The van der Waals surface area contributed by atoms with E-state index >= 15 is 0 Å². The first-order chi connectivity index (χ1) is 10.1. The molecule has 1 unspecified atom stereocenters. The van der Waals surface area contributed by atoms with Crippen molar-refractivity contribution in [2.75, 3.05) is 6.54 Å². The number of carbonyl (C=O) groups excluding carboxylic acids is 1. The van der Waals surface area contributed by atoms with Crippen LogP contribution in [0.15, 0.2) is 27.6 Å². The normalized spacial score (nSPS) is 17.6. The molecule has 0 fully saturated rings. The van der Waals surface area contributed by atoms with Gasteiger partial charge < -0.3 is 18.8 Å². The summed E-state index contributed by atoms with van der Waals surface area (Å²) in [6.07, 6.45) is 3.67. The van der Waals surface area contributed by atoms with Gasteiger partial charge in [-0.3, -0.25) is 4.79 Å². The van der Waals surface area contributed by atoms with Crippen LogP contribution in [0, 0.1) is 0 Å². The highest BCUT2D eigenvalue weighted by Gasteiger charge is 2.39. The minimum Gasteiger partial charge on any atom is -0.479 e. The Hall–Kier alpha value is -2.57. The Morgan fingerprint density at radius 2 is 2.29 bits per heavy atom. The molecule has 2 aromatic rings. The first-order valence-electron chi connectivity index (χ1n) is 6.65. The molecule has 7 heteroatoms. The van der Waals surface area contributed by atoms with Gasteiger partial charge in [-0.2, -0.15) is 0 Å². The molecule has 21 heavy (non-hydrogen) atoms. The molecule has 1 N–H and O–H groups in total. The summed E-state index contributed by atoms with van der Waals surface area (Å²) in [7, 11) is 0. The molecule has 0 bridgehead atoms. The van der Waals surface area contributed by atoms with Crippen LogP contribution in [0.2, 0.25) is 0 Å². The second-order valence-electron chi connectivity index (χ2n) is 4.77.